The van der Waals surface area contributed by atoms with Crippen molar-refractivity contribution in [2.24, 2.45) is 35.3 Å². The second-order valence-electron chi connectivity index (χ2n) is 14.9. The highest BCUT2D eigenvalue weighted by Gasteiger charge is 2.63. The Labute approximate surface area is 278 Å². The highest BCUT2D eigenvalue weighted by atomic mass is 28.1. The third kappa shape index (κ3) is 5.17. The Bertz CT molecular complexity index is 1590. The van der Waals surface area contributed by atoms with Gasteiger partial charge in [0, 0.05) is 34.7 Å². The Kier molecular flexibility index (Phi) is 8.72. The molecule has 2 bridgehead atoms. The van der Waals surface area contributed by atoms with Crippen LogP contribution in [0.1, 0.15) is 73.9 Å². The molecule has 5 aliphatic carbocycles. The number of phenols is 1. The fourth-order valence-corrected chi connectivity index (χ4v) is 9.83. The predicted octanol–water partition coefficient (Wildman–Crippen LogP) is 2.74. The van der Waals surface area contributed by atoms with Crippen LogP contribution in [0.2, 0.25) is 0 Å². The van der Waals surface area contributed by atoms with E-state index in [1.807, 2.05) is 0 Å². The van der Waals surface area contributed by atoms with E-state index in [4.69, 9.17) is 10.5 Å². The van der Waals surface area contributed by atoms with Gasteiger partial charge in [0.2, 0.25) is 0 Å². The van der Waals surface area contributed by atoms with Crippen molar-refractivity contribution in [1.29, 1.82) is 0 Å². The van der Waals surface area contributed by atoms with Crippen molar-refractivity contribution < 1.29 is 38.8 Å². The molecule has 2 saturated carbocycles. The third-order valence-corrected chi connectivity index (χ3v) is 11.6. The van der Waals surface area contributed by atoms with E-state index < -0.39 is 58.1 Å². The van der Waals surface area contributed by atoms with E-state index in [0.29, 0.717) is 17.8 Å². The summed E-state index contributed by atoms with van der Waals surface area (Å²) in [5, 5.41) is 38.6. The lowest BCUT2D eigenvalue weighted by molar-refractivity contribution is -0.137. The number of nitrogens with two attached hydrogens (primary N) is 1. The van der Waals surface area contributed by atoms with Crippen molar-refractivity contribution >= 4 is 27.7 Å². The largest absolute Gasteiger partial charge is 0.526 e. The van der Waals surface area contributed by atoms with Crippen LogP contribution in [0.4, 0.5) is 4.39 Å². The van der Waals surface area contributed by atoms with Crippen molar-refractivity contribution in [2.75, 3.05) is 20.7 Å². The molecule has 1 aromatic carbocycles. The molecule has 7 unspecified atom stereocenters. The number of likely N-dealkylation sites (N-methyl/N-ethyl adjacent to an activating group) is 1. The average Bonchev–Trinajstić information content (AvgIpc) is 3.59. The van der Waals surface area contributed by atoms with Crippen LogP contribution >= 0.6 is 0 Å². The SMILES string of the molecule is CC(C)CC1(NCc2cc(O)c3c(c2F)CC2CC4C(N(C)C)C(=O)C(C(N)=O)=C(O)C4(O)C(OC[CH-][Si])=C2C3=O)CC2CCC1C2. The van der Waals surface area contributed by atoms with Gasteiger partial charge in [-0.15, -0.1) is 0 Å². The maximum atomic E-state index is 16.5. The van der Waals surface area contributed by atoms with Gasteiger partial charge in [-0.1, -0.05) is 20.3 Å². The predicted molar refractivity (Wildman–Crippen MR) is 171 cm³/mol. The highest BCUT2D eigenvalue weighted by molar-refractivity contribution is 6.22. The lowest BCUT2D eigenvalue weighted by atomic mass is 9.59. The lowest BCUT2D eigenvalue weighted by Crippen LogP contribution is -2.63. The van der Waals surface area contributed by atoms with Crippen LogP contribution in [0.25, 0.3) is 0 Å². The minimum absolute atomic E-state index is 0.00992. The molecule has 0 aromatic heterocycles. The van der Waals surface area contributed by atoms with Gasteiger partial charge in [0.05, 0.1) is 11.6 Å². The monoisotopic (exact) mass is 665 g/mol. The molecule has 0 heterocycles. The number of primary amides is 1. The minimum Gasteiger partial charge on any atom is -0.526 e. The number of aliphatic hydroxyl groups is 2. The van der Waals surface area contributed by atoms with E-state index in [9.17, 15) is 29.7 Å². The second-order valence-corrected chi connectivity index (χ2v) is 15.3. The molecule has 0 spiro atoms. The number of fused-ring (bicyclic) bond motifs is 5. The number of hydrogen-bond acceptors (Lipinski definition) is 9. The zero-order valence-corrected chi connectivity index (χ0v) is 28.4. The first kappa shape index (κ1) is 33.8. The maximum Gasteiger partial charge on any atom is 0.255 e. The molecule has 1 amide bonds. The van der Waals surface area contributed by atoms with E-state index in [2.05, 4.69) is 29.4 Å². The zero-order valence-electron chi connectivity index (χ0n) is 27.4. The molecule has 0 aliphatic heterocycles. The first-order valence-electron chi connectivity index (χ1n) is 16.5. The van der Waals surface area contributed by atoms with Crippen LogP contribution in [0.15, 0.2) is 28.7 Å². The van der Waals surface area contributed by atoms with Crippen LogP contribution in [-0.4, -0.2) is 85.8 Å². The van der Waals surface area contributed by atoms with Crippen LogP contribution in [0.5, 0.6) is 5.75 Å². The number of benzene rings is 1. The van der Waals surface area contributed by atoms with Crippen molar-refractivity contribution in [3.8, 4) is 5.75 Å². The molecule has 6 N–H and O–H groups in total. The number of allylic oxidation sites excluding steroid dienone is 1. The van der Waals surface area contributed by atoms with Gasteiger partial charge in [0.25, 0.3) is 5.91 Å². The number of phenolic OH excluding ortho intramolecular Hbond substituents is 1. The number of carbonyl (C=O) groups excluding carboxylic acids is 3. The highest BCUT2D eigenvalue weighted by Crippen LogP contribution is 2.55. The molecule has 7 atom stereocenters. The summed E-state index contributed by atoms with van der Waals surface area (Å²) in [7, 11) is 6.40. The summed E-state index contributed by atoms with van der Waals surface area (Å²) >= 11 is 0. The quantitative estimate of drug-likeness (QED) is 0.144. The van der Waals surface area contributed by atoms with Crippen LogP contribution in [-0.2, 0) is 27.3 Å². The molecule has 253 valence electrons. The van der Waals surface area contributed by atoms with Crippen LogP contribution < -0.4 is 11.1 Å². The van der Waals surface area contributed by atoms with Crippen molar-refractivity contribution in [2.45, 2.75) is 82.5 Å². The molecular weight excluding hydrogens is 621 g/mol. The lowest BCUT2D eigenvalue weighted by Gasteiger charge is -2.51. The summed E-state index contributed by atoms with van der Waals surface area (Å²) in [5.41, 5.74) is 2.23. The molecule has 1 aromatic rings. The van der Waals surface area contributed by atoms with Gasteiger partial charge in [-0.05, 0) is 89.0 Å². The fourth-order valence-electron chi connectivity index (χ4n) is 9.75. The van der Waals surface area contributed by atoms with Crippen molar-refractivity contribution in [3.63, 3.8) is 0 Å². The molecular formula is C35H44FN3O7Si-. The second kappa shape index (κ2) is 12.1. The molecule has 5 aliphatic rings. The number of nitrogens with one attached hydrogen (secondary N) is 1. The number of aliphatic hydroxyl groups excluding tert-OH is 1. The number of rotatable bonds is 10. The molecule has 10 nitrogen and oxygen atoms in total. The first-order chi connectivity index (χ1) is 22.2. The van der Waals surface area contributed by atoms with Gasteiger partial charge in [0.1, 0.15) is 28.7 Å². The molecule has 6 rings (SSSR count). The molecule has 12 heteroatoms. The van der Waals surface area contributed by atoms with E-state index in [1.165, 1.54) is 29.9 Å². The molecule has 3 radical (unpaired) electrons. The van der Waals surface area contributed by atoms with E-state index in [0.717, 1.165) is 19.3 Å². The van der Waals surface area contributed by atoms with Crippen LogP contribution in [0, 0.1) is 41.5 Å². The summed E-state index contributed by atoms with van der Waals surface area (Å²) in [6.45, 7) is 4.43. The van der Waals surface area contributed by atoms with E-state index >= 15 is 4.39 Å². The number of hydrogen-bond donors (Lipinski definition) is 5. The number of ketones is 2. The zero-order chi connectivity index (χ0) is 34.2. The summed E-state index contributed by atoms with van der Waals surface area (Å²) in [6.07, 6.45) is 5.55. The van der Waals surface area contributed by atoms with Gasteiger partial charge < -0.3 is 37.2 Å². The Balaban J connectivity index is 1.44. The average molecular weight is 666 g/mol. The fraction of sp³-hybridized carbons (Fsp3) is 0.600. The number of halogens is 1. The summed E-state index contributed by atoms with van der Waals surface area (Å²) < 4.78 is 22.4. The summed E-state index contributed by atoms with van der Waals surface area (Å²) in [4.78, 5) is 41.7. The van der Waals surface area contributed by atoms with Gasteiger partial charge in [-0.25, -0.2) is 14.6 Å². The minimum atomic E-state index is -2.47. The number of aromatic hydroxyl groups is 1. The van der Waals surface area contributed by atoms with Gasteiger partial charge in [0.15, 0.2) is 17.2 Å². The molecule has 47 heavy (non-hydrogen) atoms. The van der Waals surface area contributed by atoms with Crippen molar-refractivity contribution in [1.82, 2.24) is 10.2 Å². The standard InChI is InChI=1S/C35H44FN3O7Si/c1-16(2)13-34(14-17-5-6-20(34)9-17)38-15-19-12-23(40)25-21(27(19)36)10-18-11-22-28(39(3)4)30(42)26(33(37)44)31(43)35(22,45)32(46-7-8-47)24(18)29(25)41/h8,12,16-18,20,22,28,38,40,43,45H,5-7,9-11,13-15H2,1-4H3,(H2,37,44)/q-1. The maximum absolute atomic E-state index is 16.5. The van der Waals surface area contributed by atoms with Gasteiger partial charge in [-0.2, -0.15) is 0 Å². The topological polar surface area (TPSA) is 162 Å². The van der Waals surface area contributed by atoms with E-state index in [-0.39, 0.29) is 65.3 Å². The Morgan fingerprint density at radius 1 is 1.26 bits per heavy atom. The summed E-state index contributed by atoms with van der Waals surface area (Å²) in [5.74, 6) is -5.18. The molecule has 0 saturated heterocycles. The smallest absolute Gasteiger partial charge is 0.255 e. The Morgan fingerprint density at radius 2 is 1.98 bits per heavy atom. The Hall–Kier alpha value is -3.06. The number of carbonyl (C=O) groups is 3. The summed E-state index contributed by atoms with van der Waals surface area (Å²) in [6, 6.07) is 1.62. The number of nitrogens with zero attached hydrogens (tertiary/aromatic N) is 1. The number of Topliss-reactive ketones (excluding diaryl/α,β-unsaturated/α-hetero) is 2. The third-order valence-electron chi connectivity index (χ3n) is 11.4. The first-order valence-corrected chi connectivity index (χ1v) is 17.1. The number of amides is 1. The number of ether oxygens (including phenoxy) is 1. The van der Waals surface area contributed by atoms with Gasteiger partial charge in [-0.3, -0.25) is 19.3 Å². The van der Waals surface area contributed by atoms with E-state index in [1.54, 1.807) is 14.1 Å². The Morgan fingerprint density at radius 3 is 2.55 bits per heavy atom. The molecule has 2 fully saturated rings. The van der Waals surface area contributed by atoms with Crippen LogP contribution in [0.3, 0.4) is 0 Å². The van der Waals surface area contributed by atoms with Gasteiger partial charge >= 0.3 is 0 Å². The normalized spacial score (nSPS) is 33.1. The van der Waals surface area contributed by atoms with Crippen molar-refractivity contribution in [3.05, 3.63) is 57.3 Å².